The van der Waals surface area contributed by atoms with Gasteiger partial charge in [0.1, 0.15) is 0 Å². The number of unbranched alkanes of at least 4 members (excludes halogenated alkanes) is 1. The summed E-state index contributed by atoms with van der Waals surface area (Å²) in [5.74, 6) is -0.567. The summed E-state index contributed by atoms with van der Waals surface area (Å²) in [5.41, 5.74) is 0. The Kier molecular flexibility index (Phi) is 8.58. The Morgan fingerprint density at radius 1 is 1.06 bits per heavy atom. The molecule has 0 aliphatic heterocycles. The lowest BCUT2D eigenvalue weighted by Gasteiger charge is -2.14. The van der Waals surface area contributed by atoms with E-state index in [0.717, 1.165) is 12.8 Å². The quantitative estimate of drug-likeness (QED) is 0.648. The van der Waals surface area contributed by atoms with E-state index in [1.807, 2.05) is 0 Å². The number of carbonyl (C=O) groups is 2. The van der Waals surface area contributed by atoms with Crippen molar-refractivity contribution >= 4 is 11.8 Å². The number of nitrogens with one attached hydrogen (secondary N) is 2. The summed E-state index contributed by atoms with van der Waals surface area (Å²) in [5, 5.41) is 5.16. The van der Waals surface area contributed by atoms with Crippen molar-refractivity contribution in [3.63, 3.8) is 0 Å². The Morgan fingerprint density at radius 3 is 2.19 bits per heavy atom. The molecule has 0 aromatic carbocycles. The van der Waals surface area contributed by atoms with Crippen LogP contribution in [-0.4, -0.2) is 24.9 Å². The molecule has 2 N–H and O–H groups in total. The summed E-state index contributed by atoms with van der Waals surface area (Å²) < 4.78 is 0. The Morgan fingerprint density at radius 2 is 1.69 bits per heavy atom. The average molecular weight is 228 g/mol. The van der Waals surface area contributed by atoms with E-state index in [9.17, 15) is 9.59 Å². The van der Waals surface area contributed by atoms with Crippen molar-refractivity contribution in [3.8, 4) is 0 Å². The van der Waals surface area contributed by atoms with E-state index in [2.05, 4.69) is 24.5 Å². The van der Waals surface area contributed by atoms with E-state index in [-0.39, 0.29) is 0 Å². The zero-order valence-corrected chi connectivity index (χ0v) is 10.6. The average Bonchev–Trinajstić information content (AvgIpc) is 2.29. The lowest BCUT2D eigenvalue weighted by Crippen LogP contribution is -2.41. The van der Waals surface area contributed by atoms with Crippen LogP contribution in [0.5, 0.6) is 0 Å². The summed E-state index contributed by atoms with van der Waals surface area (Å²) in [6.07, 6.45) is 4.49. The van der Waals surface area contributed by atoms with Gasteiger partial charge in [-0.1, -0.05) is 33.1 Å². The van der Waals surface area contributed by atoms with Crippen LogP contribution in [0.15, 0.2) is 0 Å². The Labute approximate surface area is 98.2 Å². The number of hydrogen-bond donors (Lipinski definition) is 2. The molecule has 0 fully saturated rings. The molecule has 0 bridgehead atoms. The molecule has 2 amide bonds. The topological polar surface area (TPSA) is 58.2 Å². The van der Waals surface area contributed by atoms with Crippen LogP contribution in [0.1, 0.15) is 46.5 Å². The zero-order valence-electron chi connectivity index (χ0n) is 10.6. The minimum Gasteiger partial charge on any atom is -0.348 e. The van der Waals surface area contributed by atoms with Gasteiger partial charge in [-0.3, -0.25) is 9.59 Å². The fraction of sp³-hybridized carbons (Fsp3) is 0.833. The van der Waals surface area contributed by atoms with Crippen molar-refractivity contribution in [2.45, 2.75) is 46.5 Å². The number of hydrogen-bond acceptors (Lipinski definition) is 2. The molecule has 4 nitrogen and oxygen atoms in total. The molecule has 94 valence electrons. The lowest BCUT2D eigenvalue weighted by atomic mass is 9.99. The van der Waals surface area contributed by atoms with Crippen molar-refractivity contribution in [2.24, 2.45) is 5.92 Å². The van der Waals surface area contributed by atoms with Crippen molar-refractivity contribution < 1.29 is 9.59 Å². The van der Waals surface area contributed by atoms with Crippen LogP contribution >= 0.6 is 0 Å². The molecule has 16 heavy (non-hydrogen) atoms. The third-order valence-corrected chi connectivity index (χ3v) is 2.64. The monoisotopic (exact) mass is 228 g/mol. The fourth-order valence-corrected chi connectivity index (χ4v) is 1.50. The number of carbonyl (C=O) groups excluding carboxylic acids is 2. The van der Waals surface area contributed by atoms with Gasteiger partial charge >= 0.3 is 11.8 Å². The highest BCUT2D eigenvalue weighted by molar-refractivity contribution is 6.35. The van der Waals surface area contributed by atoms with Gasteiger partial charge in [0.2, 0.25) is 0 Å². The predicted molar refractivity (Wildman–Crippen MR) is 65.0 cm³/mol. The van der Waals surface area contributed by atoms with Crippen LogP contribution in [0.3, 0.4) is 0 Å². The second-order valence-corrected chi connectivity index (χ2v) is 3.99. The Bertz CT molecular complexity index is 217. The van der Waals surface area contributed by atoms with Crippen molar-refractivity contribution in [1.29, 1.82) is 0 Å². The van der Waals surface area contributed by atoms with Crippen molar-refractivity contribution in [1.82, 2.24) is 10.6 Å². The molecule has 0 spiro atoms. The molecule has 0 rings (SSSR count). The van der Waals surface area contributed by atoms with E-state index < -0.39 is 11.8 Å². The maximum Gasteiger partial charge on any atom is 0.309 e. The predicted octanol–water partition coefficient (Wildman–Crippen LogP) is 1.46. The largest absolute Gasteiger partial charge is 0.348 e. The van der Waals surface area contributed by atoms with Crippen LogP contribution in [0.25, 0.3) is 0 Å². The molecule has 0 aliphatic rings. The maximum absolute atomic E-state index is 11.3. The highest BCUT2D eigenvalue weighted by atomic mass is 16.2. The first-order chi connectivity index (χ1) is 7.65. The van der Waals surface area contributed by atoms with E-state index in [1.54, 1.807) is 6.92 Å². The summed E-state index contributed by atoms with van der Waals surface area (Å²) >= 11 is 0. The molecule has 0 saturated heterocycles. The molecule has 0 radical (unpaired) electrons. The van der Waals surface area contributed by atoms with Gasteiger partial charge in [0.05, 0.1) is 0 Å². The smallest absolute Gasteiger partial charge is 0.309 e. The van der Waals surface area contributed by atoms with Crippen LogP contribution in [0, 0.1) is 5.92 Å². The minimum atomic E-state index is -0.534. The van der Waals surface area contributed by atoms with Crippen molar-refractivity contribution in [3.05, 3.63) is 0 Å². The van der Waals surface area contributed by atoms with E-state index >= 15 is 0 Å². The highest BCUT2D eigenvalue weighted by Gasteiger charge is 2.13. The third-order valence-electron chi connectivity index (χ3n) is 2.64. The maximum atomic E-state index is 11.3. The van der Waals surface area contributed by atoms with Crippen molar-refractivity contribution in [2.75, 3.05) is 13.1 Å². The van der Waals surface area contributed by atoms with Crippen LogP contribution in [0.4, 0.5) is 0 Å². The van der Waals surface area contributed by atoms with Gasteiger partial charge in [0, 0.05) is 13.1 Å². The summed E-state index contributed by atoms with van der Waals surface area (Å²) in [6.45, 7) is 7.14. The van der Waals surface area contributed by atoms with Gasteiger partial charge in [-0.2, -0.15) is 0 Å². The standard InChI is InChI=1S/C12H24N2O2/c1-4-7-8-10(5-2)9-14-12(16)11(15)13-6-3/h10H,4-9H2,1-3H3,(H,13,15)(H,14,16)/t10-/m0/s1. The van der Waals surface area contributed by atoms with Gasteiger partial charge in [0.25, 0.3) is 0 Å². The van der Waals surface area contributed by atoms with Crippen LogP contribution in [0.2, 0.25) is 0 Å². The first-order valence-corrected chi connectivity index (χ1v) is 6.21. The van der Waals surface area contributed by atoms with Gasteiger partial charge < -0.3 is 10.6 Å². The fourth-order valence-electron chi connectivity index (χ4n) is 1.50. The van der Waals surface area contributed by atoms with Gasteiger partial charge in [-0.05, 0) is 19.3 Å². The molecule has 4 heteroatoms. The van der Waals surface area contributed by atoms with Gasteiger partial charge in [-0.25, -0.2) is 0 Å². The number of amides is 2. The second-order valence-electron chi connectivity index (χ2n) is 3.99. The molecule has 0 aromatic rings. The molecule has 0 saturated carbocycles. The van der Waals surface area contributed by atoms with Crippen LogP contribution < -0.4 is 10.6 Å². The SMILES string of the molecule is CCCC[C@H](CC)CNC(=O)C(=O)NCC. The highest BCUT2D eigenvalue weighted by Crippen LogP contribution is 2.10. The minimum absolute atomic E-state index is 0.485. The van der Waals surface area contributed by atoms with E-state index in [1.165, 1.54) is 12.8 Å². The van der Waals surface area contributed by atoms with Crippen LogP contribution in [-0.2, 0) is 9.59 Å². The normalized spacial score (nSPS) is 11.9. The zero-order chi connectivity index (χ0) is 12.4. The molecule has 0 unspecified atom stereocenters. The summed E-state index contributed by atoms with van der Waals surface area (Å²) in [6, 6.07) is 0. The molecular formula is C12H24N2O2. The van der Waals surface area contributed by atoms with E-state index in [4.69, 9.17) is 0 Å². The molecule has 1 atom stereocenters. The second kappa shape index (κ2) is 9.19. The Hall–Kier alpha value is -1.06. The third kappa shape index (κ3) is 6.43. The first kappa shape index (κ1) is 14.9. The molecular weight excluding hydrogens is 204 g/mol. The number of likely N-dealkylation sites (N-methyl/N-ethyl adjacent to an activating group) is 1. The molecule has 0 aliphatic carbocycles. The van der Waals surface area contributed by atoms with Gasteiger partial charge in [0.15, 0.2) is 0 Å². The first-order valence-electron chi connectivity index (χ1n) is 6.21. The summed E-state index contributed by atoms with van der Waals surface area (Å²) in [4.78, 5) is 22.4. The molecule has 0 aromatic heterocycles. The summed E-state index contributed by atoms with van der Waals surface area (Å²) in [7, 11) is 0. The molecule has 0 heterocycles. The lowest BCUT2D eigenvalue weighted by molar-refractivity contribution is -0.139. The van der Waals surface area contributed by atoms with Gasteiger partial charge in [-0.15, -0.1) is 0 Å². The van der Waals surface area contributed by atoms with E-state index in [0.29, 0.717) is 19.0 Å². The number of rotatable bonds is 7. The Balaban J connectivity index is 3.82.